The summed E-state index contributed by atoms with van der Waals surface area (Å²) in [7, 11) is 1.99. The lowest BCUT2D eigenvalue weighted by Crippen LogP contribution is -2.26. The van der Waals surface area contributed by atoms with E-state index in [1.165, 1.54) is 12.1 Å². The van der Waals surface area contributed by atoms with E-state index in [-0.39, 0.29) is 5.75 Å². The summed E-state index contributed by atoms with van der Waals surface area (Å²) in [6, 6.07) is 4.55. The highest BCUT2D eigenvalue weighted by molar-refractivity contribution is 5.37. The average Bonchev–Trinajstić information content (AvgIpc) is 2.16. The topological polar surface area (TPSA) is 12.5 Å². The molecule has 0 spiro atoms. The lowest BCUT2D eigenvalue weighted by atomic mass is 10.00. The van der Waals surface area contributed by atoms with Crippen LogP contribution in [-0.4, -0.2) is 24.9 Å². The van der Waals surface area contributed by atoms with Crippen molar-refractivity contribution < 1.29 is 17.9 Å². The van der Waals surface area contributed by atoms with Crippen LogP contribution in [0.2, 0.25) is 0 Å². The van der Waals surface area contributed by atoms with Crippen LogP contribution >= 0.6 is 0 Å². The summed E-state index contributed by atoms with van der Waals surface area (Å²) in [6.07, 6.45) is -3.85. The summed E-state index contributed by atoms with van der Waals surface area (Å²) < 4.78 is 39.9. The summed E-state index contributed by atoms with van der Waals surface area (Å²) in [5.74, 6) is -0.129. The zero-order valence-corrected chi connectivity index (χ0v) is 8.84. The molecule has 2 nitrogen and oxygen atoms in total. The minimum atomic E-state index is -4.61. The van der Waals surface area contributed by atoms with Crippen molar-refractivity contribution in [1.82, 2.24) is 4.90 Å². The zero-order valence-electron chi connectivity index (χ0n) is 8.84. The molecule has 0 bridgehead atoms. The van der Waals surface area contributed by atoms with Crippen LogP contribution in [0.3, 0.4) is 0 Å². The lowest BCUT2D eigenvalue weighted by Gasteiger charge is -2.25. The van der Waals surface area contributed by atoms with Crippen molar-refractivity contribution in [3.63, 3.8) is 0 Å². The Bertz CT molecular complexity index is 389. The molecule has 1 heterocycles. The summed E-state index contributed by atoms with van der Waals surface area (Å²) in [4.78, 5) is 2.13. The Hall–Kier alpha value is -1.23. The zero-order chi connectivity index (χ0) is 11.8. The number of nitrogens with zero attached hydrogens (tertiary/aromatic N) is 1. The molecule has 0 amide bonds. The van der Waals surface area contributed by atoms with Crippen molar-refractivity contribution >= 4 is 0 Å². The second kappa shape index (κ2) is 3.97. The van der Waals surface area contributed by atoms with Crippen molar-refractivity contribution in [3.8, 4) is 5.75 Å². The molecular weight excluding hydrogens is 219 g/mol. The Kier molecular flexibility index (Phi) is 2.80. The summed E-state index contributed by atoms with van der Waals surface area (Å²) >= 11 is 0. The molecule has 0 unspecified atom stereocenters. The van der Waals surface area contributed by atoms with Crippen LogP contribution in [0, 0.1) is 0 Å². The van der Waals surface area contributed by atoms with Crippen LogP contribution in [0.15, 0.2) is 18.2 Å². The Labute approximate surface area is 91.6 Å². The molecule has 0 aliphatic carbocycles. The molecule has 0 saturated carbocycles. The van der Waals surface area contributed by atoms with Crippen molar-refractivity contribution in [1.29, 1.82) is 0 Å². The van der Waals surface area contributed by atoms with Gasteiger partial charge in [-0.1, -0.05) is 6.07 Å². The molecule has 1 aromatic rings. The van der Waals surface area contributed by atoms with Gasteiger partial charge in [0.1, 0.15) is 5.75 Å². The molecule has 1 aromatic carbocycles. The number of ether oxygens (including phenoxy) is 1. The van der Waals surface area contributed by atoms with Gasteiger partial charge in [-0.15, -0.1) is 13.2 Å². The number of likely N-dealkylation sites (N-methyl/N-ethyl adjacent to an activating group) is 1. The first-order valence-corrected chi connectivity index (χ1v) is 5.00. The van der Waals surface area contributed by atoms with Crippen molar-refractivity contribution in [3.05, 3.63) is 29.3 Å². The number of alkyl halides is 3. The van der Waals surface area contributed by atoms with Gasteiger partial charge in [-0.3, -0.25) is 0 Å². The maximum Gasteiger partial charge on any atom is 0.573 e. The second-order valence-corrected chi connectivity index (χ2v) is 3.97. The van der Waals surface area contributed by atoms with Crippen LogP contribution in [-0.2, 0) is 13.0 Å². The van der Waals surface area contributed by atoms with Crippen molar-refractivity contribution in [2.24, 2.45) is 0 Å². The third-order valence-electron chi connectivity index (χ3n) is 2.61. The molecule has 1 aliphatic rings. The fraction of sp³-hybridized carbons (Fsp3) is 0.455. The fourth-order valence-corrected chi connectivity index (χ4v) is 1.87. The van der Waals surface area contributed by atoms with E-state index >= 15 is 0 Å². The molecule has 1 aliphatic heterocycles. The van der Waals surface area contributed by atoms with Crippen molar-refractivity contribution in [2.45, 2.75) is 19.3 Å². The van der Waals surface area contributed by atoms with Gasteiger partial charge in [0.25, 0.3) is 0 Å². The first-order chi connectivity index (χ1) is 7.44. The molecule has 5 heteroatoms. The predicted octanol–water partition coefficient (Wildman–Crippen LogP) is 2.57. The minimum absolute atomic E-state index is 0.129. The van der Waals surface area contributed by atoms with Crippen molar-refractivity contribution in [2.75, 3.05) is 13.6 Å². The maximum absolute atomic E-state index is 12.0. The standard InChI is InChI=1S/C11H12F3NO/c1-15-5-4-8-6-10(16-11(12,13)14)3-2-9(8)7-15/h2-3,6H,4-5,7H2,1H3. The van der Waals surface area contributed by atoms with Gasteiger partial charge < -0.3 is 9.64 Å². The first kappa shape index (κ1) is 11.3. The Morgan fingerprint density at radius 2 is 2.00 bits per heavy atom. The number of halogens is 3. The fourth-order valence-electron chi connectivity index (χ4n) is 1.87. The van der Waals surface area contributed by atoms with E-state index < -0.39 is 6.36 Å². The van der Waals surface area contributed by atoms with Gasteiger partial charge in [-0.25, -0.2) is 0 Å². The maximum atomic E-state index is 12.0. The summed E-state index contributed by atoms with van der Waals surface area (Å²) in [6.45, 7) is 1.64. The number of fused-ring (bicyclic) bond motifs is 1. The predicted molar refractivity (Wildman–Crippen MR) is 53.2 cm³/mol. The molecule has 0 radical (unpaired) electrons. The number of hydrogen-bond donors (Lipinski definition) is 0. The SMILES string of the molecule is CN1CCc2cc(OC(F)(F)F)ccc2C1. The highest BCUT2D eigenvalue weighted by atomic mass is 19.4. The molecule has 0 fully saturated rings. The summed E-state index contributed by atoms with van der Waals surface area (Å²) in [5.41, 5.74) is 2.02. The molecule has 0 atom stereocenters. The smallest absolute Gasteiger partial charge is 0.406 e. The van der Waals surface area contributed by atoms with Gasteiger partial charge in [-0.05, 0) is 36.7 Å². The first-order valence-electron chi connectivity index (χ1n) is 5.00. The third-order valence-corrected chi connectivity index (χ3v) is 2.61. The third kappa shape index (κ3) is 2.66. The Morgan fingerprint density at radius 3 is 2.69 bits per heavy atom. The van der Waals surface area contributed by atoms with E-state index in [1.807, 2.05) is 7.05 Å². The van der Waals surface area contributed by atoms with E-state index in [9.17, 15) is 13.2 Å². The average molecular weight is 231 g/mol. The van der Waals surface area contributed by atoms with E-state index in [2.05, 4.69) is 9.64 Å². The van der Waals surface area contributed by atoms with Gasteiger partial charge in [0.2, 0.25) is 0 Å². The second-order valence-electron chi connectivity index (χ2n) is 3.97. The Morgan fingerprint density at radius 1 is 1.25 bits per heavy atom. The number of benzene rings is 1. The van der Waals surface area contributed by atoms with E-state index in [4.69, 9.17) is 0 Å². The molecule has 88 valence electrons. The van der Waals surface area contributed by atoms with E-state index in [1.54, 1.807) is 6.07 Å². The van der Waals surface area contributed by atoms with Gasteiger partial charge in [-0.2, -0.15) is 0 Å². The highest BCUT2D eigenvalue weighted by Crippen LogP contribution is 2.27. The molecular formula is C11H12F3NO. The monoisotopic (exact) mass is 231 g/mol. The van der Waals surface area contributed by atoms with Crippen LogP contribution in [0.5, 0.6) is 5.75 Å². The summed E-state index contributed by atoms with van der Waals surface area (Å²) in [5, 5.41) is 0. The van der Waals surface area contributed by atoms with Crippen LogP contribution in [0.4, 0.5) is 13.2 Å². The minimum Gasteiger partial charge on any atom is -0.406 e. The van der Waals surface area contributed by atoms with Gasteiger partial charge in [0, 0.05) is 13.1 Å². The largest absolute Gasteiger partial charge is 0.573 e. The molecule has 0 N–H and O–H groups in total. The number of rotatable bonds is 1. The molecule has 0 aromatic heterocycles. The van der Waals surface area contributed by atoms with Gasteiger partial charge >= 0.3 is 6.36 Å². The lowest BCUT2D eigenvalue weighted by molar-refractivity contribution is -0.274. The number of hydrogen-bond acceptors (Lipinski definition) is 2. The van der Waals surface area contributed by atoms with Gasteiger partial charge in [0.05, 0.1) is 0 Å². The Balaban J connectivity index is 2.20. The molecule has 0 saturated heterocycles. The molecule has 16 heavy (non-hydrogen) atoms. The van der Waals surface area contributed by atoms with Crippen LogP contribution < -0.4 is 4.74 Å². The van der Waals surface area contributed by atoms with Crippen LogP contribution in [0.1, 0.15) is 11.1 Å². The van der Waals surface area contributed by atoms with Gasteiger partial charge in [0.15, 0.2) is 0 Å². The van der Waals surface area contributed by atoms with Crippen LogP contribution in [0.25, 0.3) is 0 Å². The van der Waals surface area contributed by atoms with E-state index in [0.717, 1.165) is 30.6 Å². The normalized spacial score (nSPS) is 17.0. The highest BCUT2D eigenvalue weighted by Gasteiger charge is 2.31. The quantitative estimate of drug-likeness (QED) is 0.736. The molecule has 2 rings (SSSR count). The van der Waals surface area contributed by atoms with E-state index in [0.29, 0.717) is 0 Å².